The Morgan fingerprint density at radius 1 is 0.604 bits per heavy atom. The average molecular weight is 715 g/mol. The summed E-state index contributed by atoms with van der Waals surface area (Å²) in [6.07, 6.45) is 3.39. The van der Waals surface area contributed by atoms with E-state index in [1.54, 1.807) is 0 Å². The Balaban J connectivity index is 0.0000110. The number of rotatable bonds is 26. The summed E-state index contributed by atoms with van der Waals surface area (Å²) in [6.45, 7) is 12.0. The predicted molar refractivity (Wildman–Crippen MR) is 184 cm³/mol. The first kappa shape index (κ1) is 45.9. The minimum atomic E-state index is -0.0791. The summed E-state index contributed by atoms with van der Waals surface area (Å²) in [5, 5.41) is 2.94. The number of ketones is 1. The molecule has 0 atom stereocenters. The maximum atomic E-state index is 12.0. The summed E-state index contributed by atoms with van der Waals surface area (Å²) < 4.78 is 22.9. The first-order valence-corrected chi connectivity index (χ1v) is 16.9. The number of Topliss-reactive ketones (excluding diaryl/α,β-unsaturated/α-hetero) is 1. The Labute approximate surface area is 302 Å². The van der Waals surface area contributed by atoms with Crippen molar-refractivity contribution in [2.24, 2.45) is 0 Å². The van der Waals surface area contributed by atoms with E-state index in [0.717, 1.165) is 54.4 Å². The number of nitrogens with zero attached hydrogens (tertiary/aromatic N) is 2. The molecule has 0 aliphatic carbocycles. The van der Waals surface area contributed by atoms with Crippen LogP contribution in [0.3, 0.4) is 0 Å². The standard InChI is InChI=1S/C37H60N3O6.2ClH/c1-7-43-24-26-45-30-36(41)12-9-10-22-39(3,4)28-32-13-17-34(18-14-32)35-19-15-33(16-20-35)29-40(5,6)23-11-21-38-37(42)31-46-27-25-44-8-2;;/h13-20H,7-12,21-31H2,1-6H3;2*1H/q+1;;/p-1. The normalized spacial score (nSPS) is 11.5. The number of benzene rings is 2. The molecule has 0 spiro atoms. The monoisotopic (exact) mass is 713 g/mol. The van der Waals surface area contributed by atoms with E-state index in [2.05, 4.69) is 82.0 Å². The highest BCUT2D eigenvalue weighted by Gasteiger charge is 2.17. The van der Waals surface area contributed by atoms with E-state index in [1.807, 2.05) is 13.8 Å². The molecule has 0 aliphatic rings. The topological polar surface area (TPSA) is 83.1 Å². The van der Waals surface area contributed by atoms with Gasteiger partial charge in [-0.15, -0.1) is 0 Å². The summed E-state index contributed by atoms with van der Waals surface area (Å²) in [5.41, 5.74) is 5.04. The van der Waals surface area contributed by atoms with Crippen LogP contribution in [0.25, 0.3) is 11.1 Å². The molecular formula is C37H61Cl2N3O6. The van der Waals surface area contributed by atoms with Crippen LogP contribution < -0.4 is 30.1 Å². The van der Waals surface area contributed by atoms with Gasteiger partial charge in [-0.3, -0.25) is 9.59 Å². The van der Waals surface area contributed by atoms with Crippen LogP contribution in [0.1, 0.15) is 50.7 Å². The third kappa shape index (κ3) is 21.1. The number of carbonyl (C=O) groups is 2. The van der Waals surface area contributed by atoms with Crippen molar-refractivity contribution >= 4 is 11.7 Å². The van der Waals surface area contributed by atoms with Crippen molar-refractivity contribution < 1.29 is 62.3 Å². The molecule has 2 aromatic rings. The fraction of sp³-hybridized carbons (Fsp3) is 0.622. The fourth-order valence-electron chi connectivity index (χ4n) is 5.35. The molecule has 2 rings (SSSR count). The van der Waals surface area contributed by atoms with Gasteiger partial charge in [0.25, 0.3) is 0 Å². The molecule has 0 saturated heterocycles. The second-order valence-corrected chi connectivity index (χ2v) is 13.2. The molecule has 0 bridgehead atoms. The number of ether oxygens (including phenoxy) is 4. The number of unbranched alkanes of at least 4 members (excludes halogenated alkanes) is 1. The summed E-state index contributed by atoms with van der Waals surface area (Å²) >= 11 is 0. The van der Waals surface area contributed by atoms with Crippen LogP contribution in [-0.2, 0) is 41.6 Å². The van der Waals surface area contributed by atoms with Gasteiger partial charge in [0.05, 0.1) is 67.7 Å². The lowest BCUT2D eigenvalue weighted by Gasteiger charge is -2.30. The van der Waals surface area contributed by atoms with Crippen molar-refractivity contribution in [1.29, 1.82) is 0 Å². The fourth-order valence-corrected chi connectivity index (χ4v) is 5.35. The van der Waals surface area contributed by atoms with Crippen LogP contribution >= 0.6 is 0 Å². The SMILES string of the molecule is CCOCCOCC(=O)CCCC[N+](C)(C)Cc1ccc(-c2ccc(C[N+](C)(C)CCCNC(=O)COCCOCC)cc2)cc1.[Cl-].[Cl-]. The third-order valence-electron chi connectivity index (χ3n) is 7.84. The minimum Gasteiger partial charge on any atom is -1.00 e. The quantitative estimate of drug-likeness (QED) is 0.0982. The first-order chi connectivity index (χ1) is 22.0. The van der Waals surface area contributed by atoms with Crippen molar-refractivity contribution in [3.8, 4) is 11.1 Å². The average Bonchev–Trinajstić information content (AvgIpc) is 3.02. The number of amides is 1. The van der Waals surface area contributed by atoms with E-state index in [0.29, 0.717) is 52.6 Å². The number of quaternary nitrogens is 2. The number of halogens is 2. The molecule has 0 radical (unpaired) electrons. The molecule has 0 aliphatic heterocycles. The van der Waals surface area contributed by atoms with E-state index >= 15 is 0 Å². The highest BCUT2D eigenvalue weighted by Crippen LogP contribution is 2.23. The second-order valence-electron chi connectivity index (χ2n) is 13.2. The zero-order valence-corrected chi connectivity index (χ0v) is 31.8. The number of hydrogen-bond donors (Lipinski definition) is 1. The molecule has 48 heavy (non-hydrogen) atoms. The molecule has 1 N–H and O–H groups in total. The van der Waals surface area contributed by atoms with E-state index in [-0.39, 0.29) is 49.7 Å². The van der Waals surface area contributed by atoms with Gasteiger partial charge < -0.3 is 58.0 Å². The van der Waals surface area contributed by atoms with Crippen molar-refractivity contribution in [1.82, 2.24) is 5.32 Å². The molecule has 0 saturated carbocycles. The van der Waals surface area contributed by atoms with Crippen molar-refractivity contribution in [2.75, 3.05) is 101 Å². The summed E-state index contributed by atoms with van der Waals surface area (Å²) in [4.78, 5) is 24.0. The predicted octanol–water partition coefficient (Wildman–Crippen LogP) is -1.13. The zero-order chi connectivity index (χ0) is 33.7. The lowest BCUT2D eigenvalue weighted by Crippen LogP contribution is -3.00. The molecule has 9 nitrogen and oxygen atoms in total. The van der Waals surface area contributed by atoms with Gasteiger partial charge in [0.15, 0.2) is 5.78 Å². The molecule has 1 amide bonds. The van der Waals surface area contributed by atoms with Gasteiger partial charge in [0.1, 0.15) is 26.3 Å². The largest absolute Gasteiger partial charge is 1.00 e. The molecule has 2 aromatic carbocycles. The van der Waals surface area contributed by atoms with Crippen LogP contribution in [0.4, 0.5) is 0 Å². The molecule has 0 unspecified atom stereocenters. The van der Waals surface area contributed by atoms with Crippen LogP contribution in [0.5, 0.6) is 0 Å². The Bertz CT molecular complexity index is 1040. The number of nitrogens with one attached hydrogen (secondary N) is 1. The second kappa shape index (κ2) is 25.8. The molecular weight excluding hydrogens is 653 g/mol. The van der Waals surface area contributed by atoms with Crippen molar-refractivity contribution in [3.05, 3.63) is 59.7 Å². The van der Waals surface area contributed by atoms with E-state index in [4.69, 9.17) is 18.9 Å². The van der Waals surface area contributed by atoms with Crippen molar-refractivity contribution in [3.63, 3.8) is 0 Å². The summed E-state index contributed by atoms with van der Waals surface area (Å²) in [7, 11) is 8.96. The van der Waals surface area contributed by atoms with Crippen LogP contribution in [-0.4, -0.2) is 121 Å². The lowest BCUT2D eigenvalue weighted by molar-refractivity contribution is -0.903. The Hall–Kier alpha value is -2.08. The van der Waals surface area contributed by atoms with Crippen LogP contribution in [0.2, 0.25) is 0 Å². The van der Waals surface area contributed by atoms with Gasteiger partial charge in [-0.25, -0.2) is 0 Å². The summed E-state index contributed by atoms with van der Waals surface area (Å²) in [6, 6.07) is 17.8. The maximum absolute atomic E-state index is 12.0. The van der Waals surface area contributed by atoms with Gasteiger partial charge >= 0.3 is 0 Å². The molecule has 11 heteroatoms. The lowest BCUT2D eigenvalue weighted by atomic mass is 10.0. The molecule has 0 fully saturated rings. The van der Waals surface area contributed by atoms with E-state index in [1.165, 1.54) is 22.3 Å². The molecule has 0 aromatic heterocycles. The zero-order valence-electron chi connectivity index (χ0n) is 30.2. The van der Waals surface area contributed by atoms with Gasteiger partial charge in [0.2, 0.25) is 5.91 Å². The minimum absolute atomic E-state index is 0. The van der Waals surface area contributed by atoms with Gasteiger partial charge in [0, 0.05) is 43.7 Å². The van der Waals surface area contributed by atoms with Crippen LogP contribution in [0.15, 0.2) is 48.5 Å². The van der Waals surface area contributed by atoms with E-state index in [9.17, 15) is 9.59 Å². The first-order valence-electron chi connectivity index (χ1n) is 16.9. The highest BCUT2D eigenvalue weighted by molar-refractivity contribution is 5.79. The highest BCUT2D eigenvalue weighted by atomic mass is 35.5. The molecule has 0 heterocycles. The Kier molecular flexibility index (Phi) is 24.7. The number of carbonyl (C=O) groups excluding carboxylic acids is 2. The smallest absolute Gasteiger partial charge is 0.246 e. The molecule has 274 valence electrons. The maximum Gasteiger partial charge on any atom is 0.246 e. The summed E-state index contributed by atoms with van der Waals surface area (Å²) in [5.74, 6) is 0.0895. The van der Waals surface area contributed by atoms with Crippen molar-refractivity contribution in [2.45, 2.75) is 52.6 Å². The van der Waals surface area contributed by atoms with Gasteiger partial charge in [-0.1, -0.05) is 48.5 Å². The third-order valence-corrected chi connectivity index (χ3v) is 7.84. The van der Waals surface area contributed by atoms with Gasteiger partial charge in [-0.2, -0.15) is 0 Å². The van der Waals surface area contributed by atoms with Gasteiger partial charge in [-0.05, 0) is 37.8 Å². The van der Waals surface area contributed by atoms with Crippen LogP contribution in [0, 0.1) is 0 Å². The number of hydrogen-bond acceptors (Lipinski definition) is 6. The Morgan fingerprint density at radius 3 is 1.52 bits per heavy atom. The van der Waals surface area contributed by atoms with E-state index < -0.39 is 0 Å². The Morgan fingerprint density at radius 2 is 1.04 bits per heavy atom.